The second-order valence-corrected chi connectivity index (χ2v) is 7.00. The molecule has 1 N–H and O–H groups in total. The van der Waals surface area contributed by atoms with Gasteiger partial charge in [0.2, 0.25) is 0 Å². The standard InChI is InChI=1S/C18H21BrN2O2/c1-21(12-15-4-3-11-23-15)17-6-2-5-16(17)20-18(22)13-7-9-14(19)10-8-13/h3-4,7-11,16-17H,2,5-6,12H2,1H3,(H,20,22)/t16-,17-/m1/s1. The fraction of sp³-hybridized carbons (Fsp3) is 0.389. The van der Waals surface area contributed by atoms with E-state index in [1.54, 1.807) is 6.26 Å². The molecule has 0 aliphatic heterocycles. The number of carbonyl (C=O) groups is 1. The van der Waals surface area contributed by atoms with Gasteiger partial charge in [-0.1, -0.05) is 15.9 Å². The van der Waals surface area contributed by atoms with E-state index in [9.17, 15) is 4.79 Å². The van der Waals surface area contributed by atoms with Crippen LogP contribution in [-0.4, -0.2) is 29.9 Å². The molecule has 1 aromatic heterocycles. The van der Waals surface area contributed by atoms with Crippen molar-refractivity contribution in [3.05, 3.63) is 58.5 Å². The van der Waals surface area contributed by atoms with Crippen molar-refractivity contribution in [3.8, 4) is 0 Å². The molecule has 1 aromatic carbocycles. The van der Waals surface area contributed by atoms with Crippen molar-refractivity contribution in [2.24, 2.45) is 0 Å². The number of nitrogens with one attached hydrogen (secondary N) is 1. The smallest absolute Gasteiger partial charge is 0.251 e. The van der Waals surface area contributed by atoms with Crippen molar-refractivity contribution in [2.75, 3.05) is 7.05 Å². The van der Waals surface area contributed by atoms with E-state index in [1.165, 1.54) is 0 Å². The third-order valence-electron chi connectivity index (χ3n) is 4.45. The molecule has 1 aliphatic carbocycles. The van der Waals surface area contributed by atoms with E-state index in [0.717, 1.165) is 36.0 Å². The lowest BCUT2D eigenvalue weighted by Crippen LogP contribution is -2.47. The third-order valence-corrected chi connectivity index (χ3v) is 4.98. The molecule has 1 amide bonds. The van der Waals surface area contributed by atoms with Crippen LogP contribution in [0.2, 0.25) is 0 Å². The SMILES string of the molecule is CN(Cc1ccco1)[C@@H]1CCC[C@H]1NC(=O)c1ccc(Br)cc1. The number of hydrogen-bond acceptors (Lipinski definition) is 3. The number of likely N-dealkylation sites (N-methyl/N-ethyl adjacent to an activating group) is 1. The topological polar surface area (TPSA) is 45.5 Å². The van der Waals surface area contributed by atoms with Gasteiger partial charge in [0, 0.05) is 22.1 Å². The average molecular weight is 377 g/mol. The van der Waals surface area contributed by atoms with Gasteiger partial charge < -0.3 is 9.73 Å². The highest BCUT2D eigenvalue weighted by Crippen LogP contribution is 2.25. The van der Waals surface area contributed by atoms with Gasteiger partial charge in [-0.2, -0.15) is 0 Å². The zero-order valence-corrected chi connectivity index (χ0v) is 14.8. The molecule has 23 heavy (non-hydrogen) atoms. The van der Waals surface area contributed by atoms with Crippen LogP contribution < -0.4 is 5.32 Å². The lowest BCUT2D eigenvalue weighted by atomic mass is 10.1. The maximum absolute atomic E-state index is 12.4. The van der Waals surface area contributed by atoms with E-state index < -0.39 is 0 Å². The van der Waals surface area contributed by atoms with Gasteiger partial charge in [0.1, 0.15) is 5.76 Å². The summed E-state index contributed by atoms with van der Waals surface area (Å²) in [4.78, 5) is 14.7. The van der Waals surface area contributed by atoms with E-state index >= 15 is 0 Å². The van der Waals surface area contributed by atoms with Gasteiger partial charge in [0.05, 0.1) is 12.8 Å². The molecule has 4 nitrogen and oxygen atoms in total. The van der Waals surface area contributed by atoms with Crippen molar-refractivity contribution in [1.29, 1.82) is 0 Å². The van der Waals surface area contributed by atoms with Gasteiger partial charge in [0.25, 0.3) is 5.91 Å². The second kappa shape index (κ2) is 7.32. The fourth-order valence-corrected chi connectivity index (χ4v) is 3.52. The Morgan fingerprint density at radius 3 is 2.78 bits per heavy atom. The highest BCUT2D eigenvalue weighted by molar-refractivity contribution is 9.10. The minimum absolute atomic E-state index is 0.000739. The summed E-state index contributed by atoms with van der Waals surface area (Å²) in [5.74, 6) is 0.957. The van der Waals surface area contributed by atoms with Gasteiger partial charge in [-0.25, -0.2) is 0 Å². The van der Waals surface area contributed by atoms with Crippen molar-refractivity contribution in [1.82, 2.24) is 10.2 Å². The first-order valence-electron chi connectivity index (χ1n) is 7.92. The van der Waals surface area contributed by atoms with Gasteiger partial charge in [-0.3, -0.25) is 9.69 Å². The van der Waals surface area contributed by atoms with Crippen LogP contribution in [0.4, 0.5) is 0 Å². The van der Waals surface area contributed by atoms with Crippen molar-refractivity contribution < 1.29 is 9.21 Å². The van der Waals surface area contributed by atoms with Crippen LogP contribution in [-0.2, 0) is 6.54 Å². The first-order valence-corrected chi connectivity index (χ1v) is 8.72. The minimum Gasteiger partial charge on any atom is -0.468 e. The van der Waals surface area contributed by atoms with Crippen LogP contribution in [0.5, 0.6) is 0 Å². The van der Waals surface area contributed by atoms with Crippen molar-refractivity contribution >= 4 is 21.8 Å². The number of benzene rings is 1. The van der Waals surface area contributed by atoms with Crippen LogP contribution in [0.3, 0.4) is 0 Å². The van der Waals surface area contributed by atoms with Crippen LogP contribution in [0.1, 0.15) is 35.4 Å². The molecule has 2 atom stereocenters. The molecule has 0 bridgehead atoms. The minimum atomic E-state index is 0.000739. The van der Waals surface area contributed by atoms with Gasteiger partial charge in [-0.15, -0.1) is 0 Å². The van der Waals surface area contributed by atoms with Gasteiger partial charge in [0.15, 0.2) is 0 Å². The Balaban J connectivity index is 1.62. The summed E-state index contributed by atoms with van der Waals surface area (Å²) in [6.45, 7) is 0.766. The van der Waals surface area contributed by atoms with E-state index in [1.807, 2.05) is 36.4 Å². The Morgan fingerprint density at radius 2 is 2.09 bits per heavy atom. The molecule has 1 heterocycles. The predicted octanol–water partition coefficient (Wildman–Crippen LogP) is 3.83. The number of carbonyl (C=O) groups excluding carboxylic acids is 1. The van der Waals surface area contributed by atoms with Crippen LogP contribution >= 0.6 is 15.9 Å². The lowest BCUT2D eigenvalue weighted by molar-refractivity contribution is 0.0909. The molecule has 0 spiro atoms. The number of rotatable bonds is 5. The molecule has 0 saturated heterocycles. The number of halogens is 1. The molecule has 2 aromatic rings. The Morgan fingerprint density at radius 1 is 1.30 bits per heavy atom. The molecule has 5 heteroatoms. The maximum atomic E-state index is 12.4. The van der Waals surface area contributed by atoms with Gasteiger partial charge in [-0.05, 0) is 62.7 Å². The summed E-state index contributed by atoms with van der Waals surface area (Å²) >= 11 is 3.39. The molecule has 122 valence electrons. The Kier molecular flexibility index (Phi) is 5.18. The number of nitrogens with zero attached hydrogens (tertiary/aromatic N) is 1. The first-order chi connectivity index (χ1) is 11.1. The normalized spacial score (nSPS) is 20.8. The third kappa shape index (κ3) is 4.03. The summed E-state index contributed by atoms with van der Waals surface area (Å²) < 4.78 is 6.40. The summed E-state index contributed by atoms with van der Waals surface area (Å²) in [5, 5.41) is 3.20. The Bertz CT molecular complexity index is 640. The largest absolute Gasteiger partial charge is 0.468 e. The molecule has 1 aliphatic rings. The Labute approximate surface area is 145 Å². The second-order valence-electron chi connectivity index (χ2n) is 6.08. The van der Waals surface area contributed by atoms with E-state index in [4.69, 9.17) is 4.42 Å². The zero-order valence-electron chi connectivity index (χ0n) is 13.2. The van der Waals surface area contributed by atoms with Crippen molar-refractivity contribution in [3.63, 3.8) is 0 Å². The average Bonchev–Trinajstić information content (AvgIpc) is 3.19. The Hall–Kier alpha value is -1.59. The number of furan rings is 1. The summed E-state index contributed by atoms with van der Waals surface area (Å²) in [6, 6.07) is 11.9. The van der Waals surface area contributed by atoms with Crippen LogP contribution in [0, 0.1) is 0 Å². The quantitative estimate of drug-likeness (QED) is 0.862. The zero-order chi connectivity index (χ0) is 16.2. The fourth-order valence-electron chi connectivity index (χ4n) is 3.25. The first kappa shape index (κ1) is 16.3. The summed E-state index contributed by atoms with van der Waals surface area (Å²) in [5.41, 5.74) is 0.701. The molecule has 0 radical (unpaired) electrons. The van der Waals surface area contributed by atoms with Crippen LogP contribution in [0.25, 0.3) is 0 Å². The molecule has 1 fully saturated rings. The summed E-state index contributed by atoms with van der Waals surface area (Å²) in [7, 11) is 2.09. The molecule has 1 saturated carbocycles. The highest BCUT2D eigenvalue weighted by Gasteiger charge is 2.31. The maximum Gasteiger partial charge on any atom is 0.251 e. The summed E-state index contributed by atoms with van der Waals surface area (Å²) in [6.07, 6.45) is 4.96. The highest BCUT2D eigenvalue weighted by atomic mass is 79.9. The van der Waals surface area contributed by atoms with E-state index in [0.29, 0.717) is 11.6 Å². The van der Waals surface area contributed by atoms with Crippen LogP contribution in [0.15, 0.2) is 51.6 Å². The van der Waals surface area contributed by atoms with E-state index in [-0.39, 0.29) is 11.9 Å². The monoisotopic (exact) mass is 376 g/mol. The molecular weight excluding hydrogens is 356 g/mol. The van der Waals surface area contributed by atoms with E-state index in [2.05, 4.69) is 33.2 Å². The molecule has 3 rings (SSSR count). The molecule has 0 unspecified atom stereocenters. The predicted molar refractivity (Wildman–Crippen MR) is 93.2 cm³/mol. The number of amides is 1. The lowest BCUT2D eigenvalue weighted by Gasteiger charge is -2.29. The molecular formula is C18H21BrN2O2. The van der Waals surface area contributed by atoms with Crippen molar-refractivity contribution in [2.45, 2.75) is 37.9 Å². The number of hydrogen-bond donors (Lipinski definition) is 1. The van der Waals surface area contributed by atoms with Gasteiger partial charge >= 0.3 is 0 Å².